The normalized spacial score (nSPS) is 19.1. The lowest BCUT2D eigenvalue weighted by Gasteiger charge is -2.36. The van der Waals surface area contributed by atoms with E-state index >= 15 is 0 Å². The van der Waals surface area contributed by atoms with Crippen LogP contribution >= 0.6 is 0 Å². The van der Waals surface area contributed by atoms with Gasteiger partial charge in [0.05, 0.1) is 12.2 Å². The Balaban J connectivity index is 1.44. The van der Waals surface area contributed by atoms with Crippen molar-refractivity contribution in [3.05, 3.63) is 30.1 Å². The van der Waals surface area contributed by atoms with Gasteiger partial charge in [-0.1, -0.05) is 12.1 Å². The Morgan fingerprint density at radius 2 is 1.88 bits per heavy atom. The maximum atomic E-state index is 13.5. The van der Waals surface area contributed by atoms with E-state index in [0.717, 1.165) is 38.8 Å². The minimum absolute atomic E-state index is 0.207. The van der Waals surface area contributed by atoms with Crippen LogP contribution in [0.25, 0.3) is 0 Å². The summed E-state index contributed by atoms with van der Waals surface area (Å²) in [5.41, 5.74) is 0.215. The largest absolute Gasteiger partial charge is 0.342 e. The lowest BCUT2D eigenvalue weighted by molar-refractivity contribution is -0.134. The molecule has 1 aliphatic heterocycles. The van der Waals surface area contributed by atoms with Crippen molar-refractivity contribution in [3.8, 4) is 0 Å². The zero-order valence-electron chi connectivity index (χ0n) is 14.0. The second kappa shape index (κ2) is 7.30. The SMILES string of the molecule is CN(C(=O)C1CC1)C1CCN(CC(=O)Nc2ccccc2F)CC1. The van der Waals surface area contributed by atoms with Gasteiger partial charge in [-0.2, -0.15) is 0 Å². The number of carbonyl (C=O) groups is 2. The van der Waals surface area contributed by atoms with Crippen LogP contribution in [0.4, 0.5) is 10.1 Å². The highest BCUT2D eigenvalue weighted by atomic mass is 19.1. The van der Waals surface area contributed by atoms with Gasteiger partial charge in [-0.15, -0.1) is 0 Å². The molecular weight excluding hydrogens is 309 g/mol. The van der Waals surface area contributed by atoms with Crippen molar-refractivity contribution < 1.29 is 14.0 Å². The summed E-state index contributed by atoms with van der Waals surface area (Å²) in [5.74, 6) is -0.115. The predicted octanol–water partition coefficient (Wildman–Crippen LogP) is 2.10. The van der Waals surface area contributed by atoms with Crippen molar-refractivity contribution in [1.82, 2.24) is 9.80 Å². The topological polar surface area (TPSA) is 52.7 Å². The Morgan fingerprint density at radius 1 is 1.21 bits per heavy atom. The maximum Gasteiger partial charge on any atom is 0.238 e. The predicted molar refractivity (Wildman–Crippen MR) is 90.0 cm³/mol. The summed E-state index contributed by atoms with van der Waals surface area (Å²) in [6.45, 7) is 1.80. The van der Waals surface area contributed by atoms with Crippen LogP contribution in [0.3, 0.4) is 0 Å². The van der Waals surface area contributed by atoms with Crippen LogP contribution in [0.2, 0.25) is 0 Å². The van der Waals surface area contributed by atoms with Gasteiger partial charge >= 0.3 is 0 Å². The third-order valence-corrected chi connectivity index (χ3v) is 4.89. The number of hydrogen-bond donors (Lipinski definition) is 1. The molecule has 1 aromatic rings. The van der Waals surface area contributed by atoms with E-state index in [-0.39, 0.29) is 36.0 Å². The van der Waals surface area contributed by atoms with E-state index in [4.69, 9.17) is 0 Å². The van der Waals surface area contributed by atoms with Crippen LogP contribution in [-0.2, 0) is 9.59 Å². The van der Waals surface area contributed by atoms with Gasteiger partial charge in [0.1, 0.15) is 5.82 Å². The summed E-state index contributed by atoms with van der Waals surface area (Å²) in [7, 11) is 1.89. The van der Waals surface area contributed by atoms with E-state index in [9.17, 15) is 14.0 Å². The van der Waals surface area contributed by atoms with Crippen LogP contribution in [0.1, 0.15) is 25.7 Å². The number of halogens is 1. The molecule has 1 saturated heterocycles. The molecule has 1 aliphatic carbocycles. The number of anilines is 1. The molecule has 2 amide bonds. The molecule has 0 unspecified atom stereocenters. The van der Waals surface area contributed by atoms with Crippen molar-refractivity contribution in [2.75, 3.05) is 32.0 Å². The average Bonchev–Trinajstić information content (AvgIpc) is 3.41. The smallest absolute Gasteiger partial charge is 0.238 e. The molecule has 24 heavy (non-hydrogen) atoms. The highest BCUT2D eigenvalue weighted by molar-refractivity contribution is 5.92. The minimum Gasteiger partial charge on any atom is -0.342 e. The Bertz CT molecular complexity index is 610. The first-order valence-corrected chi connectivity index (χ1v) is 8.58. The zero-order chi connectivity index (χ0) is 17.1. The monoisotopic (exact) mass is 333 g/mol. The number of nitrogens with zero attached hydrogens (tertiary/aromatic N) is 2. The average molecular weight is 333 g/mol. The van der Waals surface area contributed by atoms with Gasteiger partial charge in [-0.05, 0) is 37.8 Å². The number of hydrogen-bond acceptors (Lipinski definition) is 3. The Hall–Kier alpha value is -1.95. The minimum atomic E-state index is -0.426. The molecule has 130 valence electrons. The molecule has 1 aromatic carbocycles. The molecule has 0 radical (unpaired) electrons. The quantitative estimate of drug-likeness (QED) is 0.898. The molecule has 0 spiro atoms. The highest BCUT2D eigenvalue weighted by Crippen LogP contribution is 2.32. The second-order valence-corrected chi connectivity index (χ2v) is 6.76. The summed E-state index contributed by atoms with van der Waals surface area (Å²) in [4.78, 5) is 28.1. The van der Waals surface area contributed by atoms with Crippen LogP contribution in [-0.4, -0.2) is 54.3 Å². The second-order valence-electron chi connectivity index (χ2n) is 6.76. The third kappa shape index (κ3) is 4.12. The van der Waals surface area contributed by atoms with Crippen LogP contribution in [0.15, 0.2) is 24.3 Å². The fraction of sp³-hybridized carbons (Fsp3) is 0.556. The molecule has 1 heterocycles. The van der Waals surface area contributed by atoms with Crippen molar-refractivity contribution in [3.63, 3.8) is 0 Å². The lowest BCUT2D eigenvalue weighted by Crippen LogP contribution is -2.47. The van der Waals surface area contributed by atoms with E-state index in [2.05, 4.69) is 10.2 Å². The highest BCUT2D eigenvalue weighted by Gasteiger charge is 2.35. The first-order valence-electron chi connectivity index (χ1n) is 8.58. The number of para-hydroxylation sites is 1. The summed E-state index contributed by atoms with van der Waals surface area (Å²) < 4.78 is 13.5. The molecule has 1 N–H and O–H groups in total. The third-order valence-electron chi connectivity index (χ3n) is 4.89. The lowest BCUT2D eigenvalue weighted by atomic mass is 10.0. The number of carbonyl (C=O) groups excluding carboxylic acids is 2. The number of benzene rings is 1. The zero-order valence-corrected chi connectivity index (χ0v) is 14.0. The summed E-state index contributed by atoms with van der Waals surface area (Å²) in [6.07, 6.45) is 3.81. The van der Waals surface area contributed by atoms with Crippen molar-refractivity contribution >= 4 is 17.5 Å². The van der Waals surface area contributed by atoms with Crippen molar-refractivity contribution in [1.29, 1.82) is 0 Å². The standard InChI is InChI=1S/C18H24FN3O2/c1-21(18(24)13-6-7-13)14-8-10-22(11-9-14)12-17(23)20-16-5-3-2-4-15(16)19/h2-5,13-14H,6-12H2,1H3,(H,20,23). The molecule has 1 saturated carbocycles. The fourth-order valence-corrected chi connectivity index (χ4v) is 3.22. The van der Waals surface area contributed by atoms with Crippen molar-refractivity contribution in [2.45, 2.75) is 31.7 Å². The van der Waals surface area contributed by atoms with Gasteiger partial charge in [-0.3, -0.25) is 14.5 Å². The number of likely N-dealkylation sites (tertiary alicyclic amines) is 1. The molecule has 0 atom stereocenters. The first kappa shape index (κ1) is 16.9. The van der Waals surface area contributed by atoms with Crippen LogP contribution in [0.5, 0.6) is 0 Å². The summed E-state index contributed by atoms with van der Waals surface area (Å²) >= 11 is 0. The molecule has 0 bridgehead atoms. The first-order chi connectivity index (χ1) is 11.5. The van der Waals surface area contributed by atoms with Gasteiger partial charge in [0.25, 0.3) is 0 Å². The molecule has 6 heteroatoms. The number of amides is 2. The molecule has 0 aromatic heterocycles. The number of piperidine rings is 1. The van der Waals surface area contributed by atoms with Crippen LogP contribution in [0, 0.1) is 11.7 Å². The van der Waals surface area contributed by atoms with E-state index < -0.39 is 5.82 Å². The van der Waals surface area contributed by atoms with Gasteiger partial charge < -0.3 is 10.2 Å². The number of rotatable bonds is 5. The van der Waals surface area contributed by atoms with Crippen molar-refractivity contribution in [2.24, 2.45) is 5.92 Å². The molecule has 5 nitrogen and oxygen atoms in total. The molecule has 2 fully saturated rings. The summed E-state index contributed by atoms with van der Waals surface area (Å²) in [5, 5.41) is 2.61. The van der Waals surface area contributed by atoms with E-state index in [0.29, 0.717) is 0 Å². The molecule has 3 rings (SSSR count). The Kier molecular flexibility index (Phi) is 5.14. The molecule has 2 aliphatic rings. The number of nitrogens with one attached hydrogen (secondary N) is 1. The summed E-state index contributed by atoms with van der Waals surface area (Å²) in [6, 6.07) is 6.43. The van der Waals surface area contributed by atoms with E-state index in [1.165, 1.54) is 6.07 Å². The van der Waals surface area contributed by atoms with Gasteiger partial charge in [0.2, 0.25) is 11.8 Å². The fourth-order valence-electron chi connectivity index (χ4n) is 3.22. The molecular formula is C18H24FN3O2. The van der Waals surface area contributed by atoms with Gasteiger partial charge in [-0.25, -0.2) is 4.39 Å². The van der Waals surface area contributed by atoms with Crippen LogP contribution < -0.4 is 5.32 Å². The maximum absolute atomic E-state index is 13.5. The van der Waals surface area contributed by atoms with E-state index in [1.807, 2.05) is 11.9 Å². The Labute approximate surface area is 141 Å². The van der Waals surface area contributed by atoms with Gasteiger partial charge in [0.15, 0.2) is 0 Å². The Morgan fingerprint density at radius 3 is 2.50 bits per heavy atom. The van der Waals surface area contributed by atoms with E-state index in [1.54, 1.807) is 18.2 Å². The van der Waals surface area contributed by atoms with Gasteiger partial charge in [0, 0.05) is 32.1 Å².